The Morgan fingerprint density at radius 3 is 2.85 bits per heavy atom. The van der Waals surface area contributed by atoms with Crippen LogP contribution in [-0.2, 0) is 0 Å². The average molecular weight is 353 g/mol. The van der Waals surface area contributed by atoms with Gasteiger partial charge >= 0.3 is 0 Å². The zero-order valence-corrected chi connectivity index (χ0v) is 14.9. The summed E-state index contributed by atoms with van der Waals surface area (Å²) in [5.41, 5.74) is 1.76. The number of likely N-dealkylation sites (tertiary alicyclic amines) is 1. The van der Waals surface area contributed by atoms with Gasteiger partial charge in [0.25, 0.3) is 5.91 Å². The number of anilines is 1. The number of nitrogens with zero attached hydrogens (tertiary/aromatic N) is 2. The number of pyridine rings is 1. The average Bonchev–Trinajstić information content (AvgIpc) is 3.06. The molecule has 1 fully saturated rings. The number of carbonyl (C=O) groups excluding carboxylic acids is 1. The Kier molecular flexibility index (Phi) is 4.65. The summed E-state index contributed by atoms with van der Waals surface area (Å²) in [5, 5.41) is 2.98. The van der Waals surface area contributed by atoms with Crippen molar-refractivity contribution in [3.05, 3.63) is 47.7 Å². The number of nitrogens with one attached hydrogen (secondary N) is 1. The van der Waals surface area contributed by atoms with Crippen LogP contribution in [0.4, 0.5) is 5.82 Å². The standard InChI is InChI=1S/C20H23N3O3/c1-21-19-13-15(7-8-22-19)20(24)23-9-2-4-16(23)14-5-6-17-18(12-14)26-11-3-10-25-17/h5-8,12-13,16H,2-4,9-11H2,1H3,(H,21,22)/t16-/m0/s1. The van der Waals surface area contributed by atoms with Gasteiger partial charge in [0.1, 0.15) is 5.82 Å². The zero-order valence-electron chi connectivity index (χ0n) is 14.9. The van der Waals surface area contributed by atoms with Crippen molar-refractivity contribution >= 4 is 11.7 Å². The van der Waals surface area contributed by atoms with Crippen LogP contribution in [0.2, 0.25) is 0 Å². The Morgan fingerprint density at radius 1 is 1.15 bits per heavy atom. The van der Waals surface area contributed by atoms with Crippen molar-refractivity contribution in [3.63, 3.8) is 0 Å². The van der Waals surface area contributed by atoms with E-state index in [-0.39, 0.29) is 11.9 Å². The summed E-state index contributed by atoms with van der Waals surface area (Å²) in [5.74, 6) is 2.30. The van der Waals surface area contributed by atoms with Gasteiger partial charge in [0.15, 0.2) is 11.5 Å². The third-order valence-corrected chi connectivity index (χ3v) is 4.93. The third kappa shape index (κ3) is 3.19. The Labute approximate surface area is 153 Å². The highest BCUT2D eigenvalue weighted by Gasteiger charge is 2.31. The van der Waals surface area contributed by atoms with E-state index in [1.165, 1.54) is 0 Å². The summed E-state index contributed by atoms with van der Waals surface area (Å²) >= 11 is 0. The van der Waals surface area contributed by atoms with Gasteiger partial charge in [0, 0.05) is 31.8 Å². The summed E-state index contributed by atoms with van der Waals surface area (Å²) in [4.78, 5) is 19.2. The maximum atomic E-state index is 13.1. The summed E-state index contributed by atoms with van der Waals surface area (Å²) in [6.45, 7) is 2.10. The minimum Gasteiger partial charge on any atom is -0.490 e. The Balaban J connectivity index is 1.60. The van der Waals surface area contributed by atoms with Crippen LogP contribution >= 0.6 is 0 Å². The SMILES string of the molecule is CNc1cc(C(=O)N2CCC[C@H]2c2ccc3c(c2)OCCCO3)ccn1. The molecule has 0 unspecified atom stereocenters. The number of hydrogen-bond acceptors (Lipinski definition) is 5. The number of carbonyl (C=O) groups is 1. The number of benzene rings is 1. The summed E-state index contributed by atoms with van der Waals surface area (Å²) < 4.78 is 11.5. The van der Waals surface area contributed by atoms with Crippen molar-refractivity contribution < 1.29 is 14.3 Å². The summed E-state index contributed by atoms with van der Waals surface area (Å²) in [6, 6.07) is 9.67. The molecule has 1 atom stereocenters. The first-order chi connectivity index (χ1) is 12.8. The smallest absolute Gasteiger partial charge is 0.254 e. The maximum Gasteiger partial charge on any atom is 0.254 e. The molecular weight excluding hydrogens is 330 g/mol. The van der Waals surface area contributed by atoms with Gasteiger partial charge in [-0.15, -0.1) is 0 Å². The highest BCUT2D eigenvalue weighted by Crippen LogP contribution is 2.38. The van der Waals surface area contributed by atoms with Crippen molar-refractivity contribution in [2.75, 3.05) is 32.1 Å². The van der Waals surface area contributed by atoms with Crippen LogP contribution < -0.4 is 14.8 Å². The van der Waals surface area contributed by atoms with E-state index in [1.807, 2.05) is 17.0 Å². The molecule has 1 amide bonds. The second kappa shape index (κ2) is 7.23. The number of rotatable bonds is 3. The minimum absolute atomic E-state index is 0.0403. The first-order valence-corrected chi connectivity index (χ1v) is 9.10. The lowest BCUT2D eigenvalue weighted by Crippen LogP contribution is -2.30. The molecule has 2 aliphatic rings. The van der Waals surface area contributed by atoms with Gasteiger partial charge < -0.3 is 19.7 Å². The van der Waals surface area contributed by atoms with Crippen molar-refractivity contribution in [2.45, 2.75) is 25.3 Å². The van der Waals surface area contributed by atoms with E-state index < -0.39 is 0 Å². The van der Waals surface area contributed by atoms with E-state index in [0.29, 0.717) is 24.6 Å². The molecule has 0 aliphatic carbocycles. The lowest BCUT2D eigenvalue weighted by molar-refractivity contribution is 0.0735. The lowest BCUT2D eigenvalue weighted by Gasteiger charge is -2.26. The number of fused-ring (bicyclic) bond motifs is 1. The zero-order chi connectivity index (χ0) is 17.9. The molecule has 1 aromatic carbocycles. The van der Waals surface area contributed by atoms with Gasteiger partial charge in [0.2, 0.25) is 0 Å². The van der Waals surface area contributed by atoms with Gasteiger partial charge in [-0.05, 0) is 42.7 Å². The molecule has 0 saturated carbocycles. The normalized spacial score (nSPS) is 19.1. The van der Waals surface area contributed by atoms with Crippen molar-refractivity contribution in [1.29, 1.82) is 0 Å². The largest absolute Gasteiger partial charge is 0.490 e. The summed E-state index contributed by atoms with van der Waals surface area (Å²) in [6.07, 6.45) is 4.50. The maximum absolute atomic E-state index is 13.1. The number of aromatic nitrogens is 1. The van der Waals surface area contributed by atoms with Crippen LogP contribution in [0.1, 0.15) is 41.2 Å². The van der Waals surface area contributed by atoms with Gasteiger partial charge in [-0.1, -0.05) is 6.07 Å². The molecule has 3 heterocycles. The molecule has 1 saturated heterocycles. The number of hydrogen-bond donors (Lipinski definition) is 1. The number of ether oxygens (including phenoxy) is 2. The van der Waals surface area contributed by atoms with Gasteiger partial charge in [-0.3, -0.25) is 4.79 Å². The number of amides is 1. The van der Waals surface area contributed by atoms with Crippen LogP contribution in [0.5, 0.6) is 11.5 Å². The highest BCUT2D eigenvalue weighted by molar-refractivity contribution is 5.95. The molecule has 2 aliphatic heterocycles. The lowest BCUT2D eigenvalue weighted by atomic mass is 10.0. The molecular formula is C20H23N3O3. The van der Waals surface area contributed by atoms with Crippen molar-refractivity contribution in [3.8, 4) is 11.5 Å². The van der Waals surface area contributed by atoms with Crippen molar-refractivity contribution in [1.82, 2.24) is 9.88 Å². The monoisotopic (exact) mass is 353 g/mol. The van der Waals surface area contributed by atoms with Gasteiger partial charge in [0.05, 0.1) is 19.3 Å². The first-order valence-electron chi connectivity index (χ1n) is 9.10. The quantitative estimate of drug-likeness (QED) is 0.918. The molecule has 6 heteroatoms. The Morgan fingerprint density at radius 2 is 2.00 bits per heavy atom. The molecule has 136 valence electrons. The predicted octanol–water partition coefficient (Wildman–Crippen LogP) is 3.26. The second-order valence-electron chi connectivity index (χ2n) is 6.59. The van der Waals surface area contributed by atoms with E-state index in [9.17, 15) is 4.79 Å². The van der Waals surface area contributed by atoms with Crippen LogP contribution in [0.25, 0.3) is 0 Å². The van der Waals surface area contributed by atoms with E-state index in [0.717, 1.165) is 42.9 Å². The van der Waals surface area contributed by atoms with Crippen LogP contribution in [0.3, 0.4) is 0 Å². The van der Waals surface area contributed by atoms with Crippen LogP contribution in [0, 0.1) is 0 Å². The summed E-state index contributed by atoms with van der Waals surface area (Å²) in [7, 11) is 1.80. The molecule has 26 heavy (non-hydrogen) atoms. The van der Waals surface area contributed by atoms with Crippen LogP contribution in [-0.4, -0.2) is 42.6 Å². The molecule has 4 rings (SSSR count). The molecule has 0 spiro atoms. The van der Waals surface area contributed by atoms with E-state index in [1.54, 1.807) is 25.4 Å². The van der Waals surface area contributed by atoms with Crippen LogP contribution in [0.15, 0.2) is 36.5 Å². The fourth-order valence-electron chi connectivity index (χ4n) is 3.61. The molecule has 0 radical (unpaired) electrons. The Bertz CT molecular complexity index is 809. The van der Waals surface area contributed by atoms with Gasteiger partial charge in [-0.2, -0.15) is 0 Å². The van der Waals surface area contributed by atoms with E-state index in [2.05, 4.69) is 16.4 Å². The van der Waals surface area contributed by atoms with Crippen molar-refractivity contribution in [2.24, 2.45) is 0 Å². The Hall–Kier alpha value is -2.76. The van der Waals surface area contributed by atoms with Gasteiger partial charge in [-0.25, -0.2) is 4.98 Å². The fourth-order valence-corrected chi connectivity index (χ4v) is 3.61. The fraction of sp³-hybridized carbons (Fsp3) is 0.400. The van der Waals surface area contributed by atoms with E-state index >= 15 is 0 Å². The predicted molar refractivity (Wildman–Crippen MR) is 98.8 cm³/mol. The topological polar surface area (TPSA) is 63.7 Å². The third-order valence-electron chi connectivity index (χ3n) is 4.93. The minimum atomic E-state index is 0.0403. The molecule has 1 N–H and O–H groups in total. The molecule has 0 bridgehead atoms. The van der Waals surface area contributed by atoms with E-state index in [4.69, 9.17) is 9.47 Å². The second-order valence-corrected chi connectivity index (χ2v) is 6.59. The molecule has 2 aromatic rings. The highest BCUT2D eigenvalue weighted by atomic mass is 16.5. The first kappa shape index (κ1) is 16.7. The molecule has 6 nitrogen and oxygen atoms in total. The molecule has 1 aromatic heterocycles.